The van der Waals surface area contributed by atoms with Gasteiger partial charge in [0.1, 0.15) is 6.54 Å². The monoisotopic (exact) mass is 171 g/mol. The Hall–Kier alpha value is -0.360. The molecule has 0 amide bonds. The van der Waals surface area contributed by atoms with E-state index < -0.39 is 19.4 Å². The second kappa shape index (κ2) is 6.76. The van der Waals surface area contributed by atoms with Gasteiger partial charge in [0.2, 0.25) is 0 Å². The Morgan fingerprint density at radius 1 is 1.30 bits per heavy atom. The van der Waals surface area contributed by atoms with Crippen molar-refractivity contribution >= 4 is 18.4 Å². The molecule has 0 saturated carbocycles. The first-order chi connectivity index (χ1) is 4.20. The zero-order chi connectivity index (χ0) is 7.28. The average molecular weight is 172 g/mol. The minimum atomic E-state index is -1.07. The fourth-order valence-corrected chi connectivity index (χ4v) is 0.336. The number of carbonyl (C=O) groups is 1. The van der Waals surface area contributed by atoms with E-state index in [1.807, 2.05) is 0 Å². The van der Waals surface area contributed by atoms with E-state index in [1.54, 1.807) is 0 Å². The van der Waals surface area contributed by atoms with Gasteiger partial charge in [-0.2, -0.15) is 0 Å². The van der Waals surface area contributed by atoms with E-state index in [-0.39, 0.29) is 19.0 Å². The molecule has 0 aliphatic heterocycles. The SMILES string of the molecule is Cl.O=C(O)CN(CO)CO. The van der Waals surface area contributed by atoms with Crippen LogP contribution in [0.25, 0.3) is 0 Å². The van der Waals surface area contributed by atoms with Gasteiger partial charge in [0.05, 0.1) is 13.5 Å². The van der Waals surface area contributed by atoms with Crippen molar-refractivity contribution in [1.82, 2.24) is 4.90 Å². The molecule has 62 valence electrons. The largest absolute Gasteiger partial charge is 0.480 e. The van der Waals surface area contributed by atoms with Gasteiger partial charge in [-0.15, -0.1) is 12.4 Å². The predicted octanol–water partition coefficient (Wildman–Crippen LogP) is -1.31. The Labute approximate surface area is 64.3 Å². The summed E-state index contributed by atoms with van der Waals surface area (Å²) in [6, 6.07) is 0. The summed E-state index contributed by atoms with van der Waals surface area (Å²) in [4.78, 5) is 10.8. The van der Waals surface area contributed by atoms with Crippen molar-refractivity contribution in [1.29, 1.82) is 0 Å². The maximum absolute atomic E-state index is 9.86. The molecule has 10 heavy (non-hydrogen) atoms. The molecule has 0 unspecified atom stereocenters. The van der Waals surface area contributed by atoms with Crippen molar-refractivity contribution in [2.75, 3.05) is 20.0 Å². The number of aliphatic carboxylic acids is 1. The molecule has 5 nitrogen and oxygen atoms in total. The number of hydrogen-bond donors (Lipinski definition) is 3. The molecule has 0 aromatic carbocycles. The van der Waals surface area contributed by atoms with Crippen molar-refractivity contribution in [2.24, 2.45) is 0 Å². The smallest absolute Gasteiger partial charge is 0.317 e. The Kier molecular flexibility index (Phi) is 8.33. The standard InChI is InChI=1S/C4H9NO4.ClH/c6-2-5(3-7)1-4(8)9;/h6-7H,1-3H2,(H,8,9);1H. The second-order valence-electron chi connectivity index (χ2n) is 1.51. The molecular formula is C4H10ClNO4. The molecular weight excluding hydrogens is 162 g/mol. The Bertz CT molecular complexity index is 95.3. The predicted molar refractivity (Wildman–Crippen MR) is 35.8 cm³/mol. The molecule has 0 aromatic rings. The molecule has 0 heterocycles. The van der Waals surface area contributed by atoms with E-state index in [1.165, 1.54) is 0 Å². The fourth-order valence-electron chi connectivity index (χ4n) is 0.336. The van der Waals surface area contributed by atoms with Gasteiger partial charge >= 0.3 is 5.97 Å². The van der Waals surface area contributed by atoms with Crippen LogP contribution in [0.4, 0.5) is 0 Å². The summed E-state index contributed by atoms with van der Waals surface area (Å²) in [5.74, 6) is -1.07. The Morgan fingerprint density at radius 3 is 1.80 bits per heavy atom. The van der Waals surface area contributed by atoms with Gasteiger partial charge in [-0.25, -0.2) is 4.90 Å². The first kappa shape index (κ1) is 12.3. The van der Waals surface area contributed by atoms with E-state index in [0.29, 0.717) is 0 Å². The van der Waals surface area contributed by atoms with Crippen LogP contribution >= 0.6 is 12.4 Å². The quantitative estimate of drug-likeness (QED) is 0.458. The summed E-state index contributed by atoms with van der Waals surface area (Å²) in [7, 11) is 0. The van der Waals surface area contributed by atoms with Crippen molar-refractivity contribution < 1.29 is 20.1 Å². The molecule has 0 fully saturated rings. The lowest BCUT2D eigenvalue weighted by atomic mass is 10.6. The van der Waals surface area contributed by atoms with E-state index in [0.717, 1.165) is 4.90 Å². The fraction of sp³-hybridized carbons (Fsp3) is 0.750. The first-order valence-corrected chi connectivity index (χ1v) is 2.36. The molecule has 0 rings (SSSR count). The van der Waals surface area contributed by atoms with Gasteiger partial charge in [-0.05, 0) is 0 Å². The number of halogens is 1. The molecule has 6 heteroatoms. The van der Waals surface area contributed by atoms with Gasteiger partial charge in [0, 0.05) is 0 Å². The van der Waals surface area contributed by atoms with E-state index >= 15 is 0 Å². The van der Waals surface area contributed by atoms with Crippen LogP contribution in [0.3, 0.4) is 0 Å². The maximum Gasteiger partial charge on any atom is 0.317 e. The number of rotatable bonds is 4. The van der Waals surface area contributed by atoms with Gasteiger partial charge in [0.25, 0.3) is 0 Å². The number of carboxylic acid groups (broad SMARTS) is 1. The van der Waals surface area contributed by atoms with E-state index in [2.05, 4.69) is 0 Å². The highest BCUT2D eigenvalue weighted by Gasteiger charge is 2.04. The first-order valence-electron chi connectivity index (χ1n) is 2.36. The number of carboxylic acids is 1. The zero-order valence-electron chi connectivity index (χ0n) is 5.23. The summed E-state index contributed by atoms with van der Waals surface area (Å²) < 4.78 is 0. The van der Waals surface area contributed by atoms with Gasteiger partial charge in [0.15, 0.2) is 0 Å². The minimum Gasteiger partial charge on any atom is -0.480 e. The van der Waals surface area contributed by atoms with Crippen LogP contribution in [-0.2, 0) is 4.79 Å². The topological polar surface area (TPSA) is 81.0 Å². The Balaban J connectivity index is 0. The summed E-state index contributed by atoms with van der Waals surface area (Å²) in [6.07, 6.45) is 0. The van der Waals surface area contributed by atoms with E-state index in [9.17, 15) is 4.79 Å². The highest BCUT2D eigenvalue weighted by atomic mass is 35.5. The molecule has 3 N–H and O–H groups in total. The minimum absolute atomic E-state index is 0. The molecule has 0 aromatic heterocycles. The van der Waals surface area contributed by atoms with Crippen molar-refractivity contribution in [3.05, 3.63) is 0 Å². The molecule has 0 aliphatic rings. The maximum atomic E-state index is 9.86. The highest BCUT2D eigenvalue weighted by molar-refractivity contribution is 5.85. The summed E-state index contributed by atoms with van der Waals surface area (Å²) >= 11 is 0. The number of aliphatic hydroxyl groups is 2. The number of aliphatic hydroxyl groups excluding tert-OH is 2. The van der Waals surface area contributed by atoms with Crippen LogP contribution < -0.4 is 0 Å². The second-order valence-corrected chi connectivity index (χ2v) is 1.51. The van der Waals surface area contributed by atoms with Crippen LogP contribution in [0.2, 0.25) is 0 Å². The molecule has 0 atom stereocenters. The number of hydrogen-bond acceptors (Lipinski definition) is 4. The van der Waals surface area contributed by atoms with Gasteiger partial charge in [-0.1, -0.05) is 0 Å². The third-order valence-electron chi connectivity index (χ3n) is 0.759. The lowest BCUT2D eigenvalue weighted by Crippen LogP contribution is -2.31. The molecule has 0 spiro atoms. The van der Waals surface area contributed by atoms with Crippen molar-refractivity contribution in [3.63, 3.8) is 0 Å². The Morgan fingerprint density at radius 2 is 1.70 bits per heavy atom. The highest BCUT2D eigenvalue weighted by Crippen LogP contribution is 1.80. The lowest BCUT2D eigenvalue weighted by molar-refractivity contribution is -0.140. The molecule has 0 bridgehead atoms. The summed E-state index contributed by atoms with van der Waals surface area (Å²) in [6.45, 7) is -1.22. The van der Waals surface area contributed by atoms with Crippen LogP contribution in [0.1, 0.15) is 0 Å². The van der Waals surface area contributed by atoms with Crippen molar-refractivity contribution in [2.45, 2.75) is 0 Å². The average Bonchev–Trinajstić information content (AvgIpc) is 1.82. The molecule has 0 saturated heterocycles. The third-order valence-corrected chi connectivity index (χ3v) is 0.759. The van der Waals surface area contributed by atoms with Crippen LogP contribution in [0.15, 0.2) is 0 Å². The van der Waals surface area contributed by atoms with Crippen molar-refractivity contribution in [3.8, 4) is 0 Å². The zero-order valence-corrected chi connectivity index (χ0v) is 6.04. The van der Waals surface area contributed by atoms with Gasteiger partial charge < -0.3 is 15.3 Å². The summed E-state index contributed by atoms with van der Waals surface area (Å²) in [5, 5.41) is 24.6. The van der Waals surface area contributed by atoms with Gasteiger partial charge in [-0.3, -0.25) is 4.79 Å². The third kappa shape index (κ3) is 5.77. The van der Waals surface area contributed by atoms with Crippen LogP contribution in [-0.4, -0.2) is 46.2 Å². The molecule has 0 aliphatic carbocycles. The normalized spacial score (nSPS) is 9.10. The summed E-state index contributed by atoms with van der Waals surface area (Å²) in [5.41, 5.74) is 0. The molecule has 0 radical (unpaired) electrons. The van der Waals surface area contributed by atoms with E-state index in [4.69, 9.17) is 15.3 Å². The lowest BCUT2D eigenvalue weighted by Gasteiger charge is -2.11. The number of nitrogens with zero attached hydrogens (tertiary/aromatic N) is 1. The van der Waals surface area contributed by atoms with Crippen LogP contribution in [0, 0.1) is 0 Å². The van der Waals surface area contributed by atoms with Crippen LogP contribution in [0.5, 0.6) is 0 Å².